The zero-order valence-electron chi connectivity index (χ0n) is 18.0. The number of aromatic nitrogens is 1. The molecule has 1 aromatic heterocycles. The number of carbonyl (C=O) groups excluding carboxylic acids is 2. The zero-order valence-corrected chi connectivity index (χ0v) is 18.0. The van der Waals surface area contributed by atoms with Gasteiger partial charge in [0.25, 0.3) is 0 Å². The maximum atomic E-state index is 13.3. The molecule has 0 saturated heterocycles. The van der Waals surface area contributed by atoms with Crippen molar-refractivity contribution in [3.05, 3.63) is 78.6 Å². The average molecular weight is 428 g/mol. The van der Waals surface area contributed by atoms with Gasteiger partial charge in [0, 0.05) is 24.5 Å². The molecule has 3 aromatic rings. The first-order chi connectivity index (χ1) is 15.6. The molecular formula is C25H24N4O3. The van der Waals surface area contributed by atoms with E-state index >= 15 is 0 Å². The Hall–Kier alpha value is -4.00. The van der Waals surface area contributed by atoms with Gasteiger partial charge in [0.1, 0.15) is 11.8 Å². The van der Waals surface area contributed by atoms with Crippen molar-refractivity contribution < 1.29 is 14.3 Å². The number of carbonyl (C=O) groups is 2. The monoisotopic (exact) mass is 428 g/mol. The van der Waals surface area contributed by atoms with Crippen LogP contribution in [0.25, 0.3) is 11.1 Å². The van der Waals surface area contributed by atoms with Gasteiger partial charge in [-0.2, -0.15) is 5.10 Å². The molecule has 1 N–H and O–H groups in total. The van der Waals surface area contributed by atoms with Crippen LogP contribution in [-0.4, -0.2) is 35.2 Å². The predicted molar refractivity (Wildman–Crippen MR) is 124 cm³/mol. The van der Waals surface area contributed by atoms with Crippen LogP contribution in [0.15, 0.2) is 78.2 Å². The summed E-state index contributed by atoms with van der Waals surface area (Å²) in [5, 5.41) is 9.03. The molecule has 1 aliphatic rings. The van der Waals surface area contributed by atoms with Gasteiger partial charge in [0.15, 0.2) is 0 Å². The van der Waals surface area contributed by atoms with Crippen LogP contribution < -0.4 is 10.3 Å². The van der Waals surface area contributed by atoms with E-state index < -0.39 is 12.0 Å². The van der Waals surface area contributed by atoms with Crippen molar-refractivity contribution in [2.24, 2.45) is 5.10 Å². The number of rotatable bonds is 6. The van der Waals surface area contributed by atoms with E-state index in [1.807, 2.05) is 67.6 Å². The summed E-state index contributed by atoms with van der Waals surface area (Å²) >= 11 is 0. The molecule has 7 nitrogen and oxygen atoms in total. The highest BCUT2D eigenvalue weighted by Crippen LogP contribution is 2.28. The van der Waals surface area contributed by atoms with Crippen LogP contribution in [0.3, 0.4) is 0 Å². The SMILES string of the molecule is CCOC(=O)C1=NN(c2ccccc2)C(C(=O)Nc2cc(-c3ccncc3)ccc2C)C1. The largest absolute Gasteiger partial charge is 0.461 e. The van der Waals surface area contributed by atoms with Gasteiger partial charge in [-0.3, -0.25) is 14.8 Å². The Kier molecular flexibility index (Phi) is 6.26. The van der Waals surface area contributed by atoms with E-state index in [4.69, 9.17) is 4.74 Å². The Morgan fingerprint density at radius 3 is 2.53 bits per heavy atom. The Morgan fingerprint density at radius 2 is 1.81 bits per heavy atom. The number of esters is 1. The standard InChI is InChI=1S/C25H24N4O3/c1-3-32-25(31)22-16-23(29(28-22)20-7-5-4-6-8-20)24(30)27-21-15-19(10-9-17(21)2)18-11-13-26-14-12-18/h4-15,23H,3,16H2,1-2H3,(H,27,30). The molecule has 1 aliphatic heterocycles. The minimum Gasteiger partial charge on any atom is -0.461 e. The molecule has 32 heavy (non-hydrogen) atoms. The minimum atomic E-state index is -0.666. The zero-order chi connectivity index (χ0) is 22.5. The second-order valence-electron chi connectivity index (χ2n) is 7.42. The molecule has 0 aliphatic carbocycles. The number of hydrazone groups is 1. The average Bonchev–Trinajstić information content (AvgIpc) is 3.28. The lowest BCUT2D eigenvalue weighted by atomic mass is 10.0. The molecule has 0 saturated carbocycles. The fourth-order valence-electron chi connectivity index (χ4n) is 3.57. The number of para-hydroxylation sites is 1. The van der Waals surface area contributed by atoms with Crippen LogP contribution in [-0.2, 0) is 14.3 Å². The summed E-state index contributed by atoms with van der Waals surface area (Å²) in [4.78, 5) is 29.7. The normalized spacial score (nSPS) is 15.2. The lowest BCUT2D eigenvalue weighted by Gasteiger charge is -2.23. The van der Waals surface area contributed by atoms with Gasteiger partial charge in [0.05, 0.1) is 12.3 Å². The molecule has 0 bridgehead atoms. The second-order valence-corrected chi connectivity index (χ2v) is 7.42. The number of pyridine rings is 1. The highest BCUT2D eigenvalue weighted by atomic mass is 16.5. The third-order valence-electron chi connectivity index (χ3n) is 5.25. The molecule has 0 fully saturated rings. The van der Waals surface area contributed by atoms with Crippen LogP contribution >= 0.6 is 0 Å². The number of hydrogen-bond donors (Lipinski definition) is 1. The van der Waals surface area contributed by atoms with E-state index in [0.717, 1.165) is 22.4 Å². The van der Waals surface area contributed by atoms with Crippen molar-refractivity contribution in [2.75, 3.05) is 16.9 Å². The fraction of sp³-hybridized carbons (Fsp3) is 0.200. The van der Waals surface area contributed by atoms with Crippen molar-refractivity contribution in [2.45, 2.75) is 26.3 Å². The van der Waals surface area contributed by atoms with Gasteiger partial charge in [-0.1, -0.05) is 30.3 Å². The predicted octanol–water partition coefficient (Wildman–Crippen LogP) is 4.19. The molecular weight excluding hydrogens is 404 g/mol. The molecule has 162 valence electrons. The number of amides is 1. The summed E-state index contributed by atoms with van der Waals surface area (Å²) in [7, 11) is 0. The molecule has 0 radical (unpaired) electrons. The number of aryl methyl sites for hydroxylation is 1. The van der Waals surface area contributed by atoms with Gasteiger partial charge < -0.3 is 10.1 Å². The van der Waals surface area contributed by atoms with E-state index in [-0.39, 0.29) is 24.6 Å². The van der Waals surface area contributed by atoms with E-state index in [1.165, 1.54) is 0 Å². The van der Waals surface area contributed by atoms with Crippen molar-refractivity contribution in [1.82, 2.24) is 4.98 Å². The summed E-state index contributed by atoms with van der Waals surface area (Å²) in [6.07, 6.45) is 3.64. The first-order valence-corrected chi connectivity index (χ1v) is 10.5. The van der Waals surface area contributed by atoms with Crippen molar-refractivity contribution in [1.29, 1.82) is 0 Å². The topological polar surface area (TPSA) is 83.9 Å². The maximum absolute atomic E-state index is 13.3. The van der Waals surface area contributed by atoms with Crippen LogP contribution in [0, 0.1) is 6.92 Å². The molecule has 1 unspecified atom stereocenters. The first-order valence-electron chi connectivity index (χ1n) is 10.5. The van der Waals surface area contributed by atoms with Gasteiger partial charge in [-0.25, -0.2) is 4.79 Å². The van der Waals surface area contributed by atoms with Gasteiger partial charge in [-0.15, -0.1) is 0 Å². The Labute approximate surface area is 186 Å². The number of nitrogens with one attached hydrogen (secondary N) is 1. The Morgan fingerprint density at radius 1 is 1.06 bits per heavy atom. The first kappa shape index (κ1) is 21.2. The smallest absolute Gasteiger partial charge is 0.354 e. The van der Waals surface area contributed by atoms with Gasteiger partial charge in [-0.05, 0) is 60.9 Å². The van der Waals surface area contributed by atoms with E-state index in [2.05, 4.69) is 15.4 Å². The number of hydrogen-bond acceptors (Lipinski definition) is 6. The van der Waals surface area contributed by atoms with Crippen molar-refractivity contribution in [3.8, 4) is 11.1 Å². The van der Waals surface area contributed by atoms with Crippen LogP contribution in [0.1, 0.15) is 18.9 Å². The number of benzene rings is 2. The number of ether oxygens (including phenoxy) is 1. The lowest BCUT2D eigenvalue weighted by molar-refractivity contribution is -0.135. The van der Waals surface area contributed by atoms with Crippen LogP contribution in [0.4, 0.5) is 11.4 Å². The van der Waals surface area contributed by atoms with Crippen molar-refractivity contribution >= 4 is 29.0 Å². The second kappa shape index (κ2) is 9.43. The highest BCUT2D eigenvalue weighted by molar-refractivity contribution is 6.38. The highest BCUT2D eigenvalue weighted by Gasteiger charge is 2.37. The Bertz CT molecular complexity index is 1150. The summed E-state index contributed by atoms with van der Waals surface area (Å²) in [5.74, 6) is -0.744. The minimum absolute atomic E-state index is 0.169. The van der Waals surface area contributed by atoms with Gasteiger partial charge >= 0.3 is 5.97 Å². The Balaban J connectivity index is 1.60. The number of anilines is 2. The molecule has 2 heterocycles. The summed E-state index contributed by atoms with van der Waals surface area (Å²) in [5.41, 5.74) is 4.60. The molecule has 1 amide bonds. The van der Waals surface area contributed by atoms with Gasteiger partial charge in [0.2, 0.25) is 5.91 Å². The number of nitrogens with zero attached hydrogens (tertiary/aromatic N) is 3. The maximum Gasteiger partial charge on any atom is 0.354 e. The lowest BCUT2D eigenvalue weighted by Crippen LogP contribution is -2.39. The summed E-state index contributed by atoms with van der Waals surface area (Å²) < 4.78 is 5.11. The molecule has 7 heteroatoms. The molecule has 0 spiro atoms. The molecule has 2 aromatic carbocycles. The molecule has 4 rings (SSSR count). The van der Waals surface area contributed by atoms with E-state index in [1.54, 1.807) is 24.3 Å². The molecule has 1 atom stereocenters. The van der Waals surface area contributed by atoms with Crippen LogP contribution in [0.5, 0.6) is 0 Å². The summed E-state index contributed by atoms with van der Waals surface area (Å²) in [6.45, 7) is 3.93. The third kappa shape index (κ3) is 4.51. The van der Waals surface area contributed by atoms with Crippen LogP contribution in [0.2, 0.25) is 0 Å². The van der Waals surface area contributed by atoms with E-state index in [0.29, 0.717) is 5.69 Å². The van der Waals surface area contributed by atoms with Crippen molar-refractivity contribution in [3.63, 3.8) is 0 Å². The fourth-order valence-corrected chi connectivity index (χ4v) is 3.57. The summed E-state index contributed by atoms with van der Waals surface area (Å²) in [6, 6.07) is 18.4. The van der Waals surface area contributed by atoms with E-state index in [9.17, 15) is 9.59 Å². The quantitative estimate of drug-likeness (QED) is 0.595. The third-order valence-corrected chi connectivity index (χ3v) is 5.25.